The highest BCUT2D eigenvalue weighted by atomic mass is 16.5. The van der Waals surface area contributed by atoms with E-state index in [0.29, 0.717) is 13.0 Å². The molecule has 0 aromatic heterocycles. The lowest BCUT2D eigenvalue weighted by atomic mass is 9.87. The summed E-state index contributed by atoms with van der Waals surface area (Å²) in [5, 5.41) is 3.11. The fourth-order valence-corrected chi connectivity index (χ4v) is 2.14. The van der Waals surface area contributed by atoms with Crippen molar-refractivity contribution in [2.45, 2.75) is 38.3 Å². The van der Waals surface area contributed by atoms with E-state index in [9.17, 15) is 4.79 Å². The number of likely N-dealkylation sites (N-methyl/N-ethyl adjacent to an activating group) is 1. The second-order valence-electron chi connectivity index (χ2n) is 5.72. The first-order valence-electron chi connectivity index (χ1n) is 6.82. The van der Waals surface area contributed by atoms with E-state index < -0.39 is 5.54 Å². The molecule has 0 saturated carbocycles. The fraction of sp³-hybridized carbons (Fsp3) is 0.562. The molecule has 0 radical (unpaired) electrons. The van der Waals surface area contributed by atoms with Crippen LogP contribution in [0.1, 0.15) is 32.8 Å². The molecule has 1 rings (SSSR count). The number of carbonyl (C=O) groups excluding carboxylic acids is 1. The highest BCUT2D eigenvalue weighted by Gasteiger charge is 2.39. The summed E-state index contributed by atoms with van der Waals surface area (Å²) in [6.45, 7) is 6.45. The van der Waals surface area contributed by atoms with E-state index in [1.54, 1.807) is 7.05 Å². The van der Waals surface area contributed by atoms with Gasteiger partial charge in [0.25, 0.3) is 0 Å². The Labute approximate surface area is 121 Å². The van der Waals surface area contributed by atoms with Crippen molar-refractivity contribution in [3.05, 3.63) is 35.9 Å². The van der Waals surface area contributed by atoms with Gasteiger partial charge < -0.3 is 14.8 Å². The molecule has 0 spiro atoms. The van der Waals surface area contributed by atoms with Gasteiger partial charge in [-0.1, -0.05) is 30.3 Å². The van der Waals surface area contributed by atoms with Gasteiger partial charge in [-0.25, -0.2) is 4.79 Å². The van der Waals surface area contributed by atoms with E-state index in [0.717, 1.165) is 5.56 Å². The molecular formula is C16H25NO3. The van der Waals surface area contributed by atoms with Crippen LogP contribution in [0.4, 0.5) is 0 Å². The van der Waals surface area contributed by atoms with Crippen LogP contribution in [-0.2, 0) is 19.8 Å². The molecule has 0 saturated heterocycles. The third-order valence-electron chi connectivity index (χ3n) is 3.24. The second-order valence-corrected chi connectivity index (χ2v) is 5.72. The van der Waals surface area contributed by atoms with E-state index in [-0.39, 0.29) is 11.6 Å². The van der Waals surface area contributed by atoms with Crippen LogP contribution in [0.25, 0.3) is 0 Å². The molecule has 0 amide bonds. The van der Waals surface area contributed by atoms with E-state index >= 15 is 0 Å². The molecule has 4 heteroatoms. The minimum Gasteiger partial charge on any atom is -0.467 e. The molecule has 20 heavy (non-hydrogen) atoms. The Morgan fingerprint density at radius 2 is 1.80 bits per heavy atom. The van der Waals surface area contributed by atoms with Crippen LogP contribution in [-0.4, -0.2) is 32.3 Å². The van der Waals surface area contributed by atoms with Crippen molar-refractivity contribution in [2.24, 2.45) is 0 Å². The van der Waals surface area contributed by atoms with Crippen LogP contribution >= 0.6 is 0 Å². The van der Waals surface area contributed by atoms with Crippen molar-refractivity contribution in [3.8, 4) is 0 Å². The van der Waals surface area contributed by atoms with Crippen molar-refractivity contribution in [2.75, 3.05) is 20.8 Å². The van der Waals surface area contributed by atoms with Crippen LogP contribution in [0.15, 0.2) is 30.3 Å². The van der Waals surface area contributed by atoms with Gasteiger partial charge in [-0.2, -0.15) is 0 Å². The fourth-order valence-electron chi connectivity index (χ4n) is 2.14. The molecule has 1 aromatic carbocycles. The van der Waals surface area contributed by atoms with Gasteiger partial charge in [0, 0.05) is 13.0 Å². The van der Waals surface area contributed by atoms with Gasteiger partial charge in [-0.15, -0.1) is 0 Å². The molecule has 0 aliphatic heterocycles. The highest BCUT2D eigenvalue weighted by Crippen LogP contribution is 2.27. The quantitative estimate of drug-likeness (QED) is 0.813. The first kappa shape index (κ1) is 16.7. The number of ether oxygens (including phenoxy) is 2. The topological polar surface area (TPSA) is 47.6 Å². The smallest absolute Gasteiger partial charge is 0.330 e. The molecule has 1 aromatic rings. The highest BCUT2D eigenvalue weighted by molar-refractivity contribution is 5.82. The number of esters is 1. The lowest BCUT2D eigenvalue weighted by Crippen LogP contribution is -2.49. The van der Waals surface area contributed by atoms with Gasteiger partial charge in [-0.3, -0.25) is 0 Å². The van der Waals surface area contributed by atoms with Crippen molar-refractivity contribution in [3.63, 3.8) is 0 Å². The number of hydrogen-bond donors (Lipinski definition) is 1. The minimum atomic E-state index is -0.874. The molecule has 112 valence electrons. The Hall–Kier alpha value is -1.39. The summed E-state index contributed by atoms with van der Waals surface area (Å²) >= 11 is 0. The number of benzene rings is 1. The van der Waals surface area contributed by atoms with Crippen molar-refractivity contribution < 1.29 is 14.3 Å². The van der Waals surface area contributed by atoms with Crippen LogP contribution < -0.4 is 5.32 Å². The summed E-state index contributed by atoms with van der Waals surface area (Å²) in [4.78, 5) is 12.3. The third kappa shape index (κ3) is 4.05. The number of nitrogens with one attached hydrogen (secondary N) is 1. The summed E-state index contributed by atoms with van der Waals surface area (Å²) in [6.07, 6.45) is 0.511. The van der Waals surface area contributed by atoms with E-state index in [1.165, 1.54) is 7.11 Å². The zero-order valence-electron chi connectivity index (χ0n) is 13.0. The molecule has 1 atom stereocenters. The van der Waals surface area contributed by atoms with Gasteiger partial charge >= 0.3 is 5.97 Å². The maximum Gasteiger partial charge on any atom is 0.330 e. The van der Waals surface area contributed by atoms with Gasteiger partial charge in [0.05, 0.1) is 12.7 Å². The average molecular weight is 279 g/mol. The predicted octanol–water partition coefficient (Wildman–Crippen LogP) is 2.48. The molecule has 0 bridgehead atoms. The number of methoxy groups -OCH3 is 1. The molecule has 1 N–H and O–H groups in total. The summed E-state index contributed by atoms with van der Waals surface area (Å²) in [5.41, 5.74) is -0.222. The van der Waals surface area contributed by atoms with Crippen LogP contribution in [0.2, 0.25) is 0 Å². The Morgan fingerprint density at radius 1 is 1.20 bits per heavy atom. The third-order valence-corrected chi connectivity index (χ3v) is 3.24. The van der Waals surface area contributed by atoms with Crippen molar-refractivity contribution in [1.82, 2.24) is 5.32 Å². The van der Waals surface area contributed by atoms with Crippen molar-refractivity contribution in [1.29, 1.82) is 0 Å². The zero-order chi connectivity index (χ0) is 15.2. The Balaban J connectivity index is 2.98. The lowest BCUT2D eigenvalue weighted by molar-refractivity contribution is -0.150. The zero-order valence-corrected chi connectivity index (χ0v) is 13.0. The van der Waals surface area contributed by atoms with E-state index in [2.05, 4.69) is 5.32 Å². The van der Waals surface area contributed by atoms with E-state index in [1.807, 2.05) is 51.1 Å². The number of hydrogen-bond acceptors (Lipinski definition) is 4. The summed E-state index contributed by atoms with van der Waals surface area (Å²) in [5.74, 6) is -0.302. The molecule has 1 unspecified atom stereocenters. The molecule has 0 aliphatic rings. The molecule has 0 heterocycles. The van der Waals surface area contributed by atoms with Gasteiger partial charge in [0.1, 0.15) is 5.54 Å². The van der Waals surface area contributed by atoms with Crippen LogP contribution in [0, 0.1) is 0 Å². The summed E-state index contributed by atoms with van der Waals surface area (Å²) in [6, 6.07) is 9.59. The summed E-state index contributed by atoms with van der Waals surface area (Å²) in [7, 11) is 3.17. The molecule has 0 aliphatic carbocycles. The number of rotatable bonds is 6. The van der Waals surface area contributed by atoms with E-state index in [4.69, 9.17) is 9.47 Å². The number of carbonyl (C=O) groups is 1. The largest absolute Gasteiger partial charge is 0.467 e. The molecule has 4 nitrogen and oxygen atoms in total. The van der Waals surface area contributed by atoms with Crippen LogP contribution in [0.5, 0.6) is 0 Å². The van der Waals surface area contributed by atoms with Gasteiger partial charge in [0.15, 0.2) is 0 Å². The Kier molecular flexibility index (Phi) is 5.72. The average Bonchev–Trinajstić information content (AvgIpc) is 2.43. The van der Waals surface area contributed by atoms with Gasteiger partial charge in [0.2, 0.25) is 0 Å². The standard InChI is InChI=1S/C16H25NO3/c1-15(2,3)20-12-11-16(17-4,14(18)19-5)13-9-7-6-8-10-13/h6-10,17H,11-12H2,1-5H3. The first-order chi connectivity index (χ1) is 9.35. The second kappa shape index (κ2) is 6.86. The first-order valence-corrected chi connectivity index (χ1v) is 6.82. The van der Waals surface area contributed by atoms with Crippen LogP contribution in [0.3, 0.4) is 0 Å². The minimum absolute atomic E-state index is 0.230. The monoisotopic (exact) mass is 279 g/mol. The molecular weight excluding hydrogens is 254 g/mol. The normalized spacial score (nSPS) is 14.7. The Morgan fingerprint density at radius 3 is 2.25 bits per heavy atom. The maximum atomic E-state index is 12.3. The SMILES string of the molecule is CNC(CCOC(C)(C)C)(C(=O)OC)c1ccccc1. The van der Waals surface area contributed by atoms with Crippen molar-refractivity contribution >= 4 is 5.97 Å². The van der Waals surface area contributed by atoms with Gasteiger partial charge in [-0.05, 0) is 33.4 Å². The maximum absolute atomic E-state index is 12.3. The Bertz CT molecular complexity index is 425. The lowest BCUT2D eigenvalue weighted by Gasteiger charge is -2.32. The predicted molar refractivity (Wildman–Crippen MR) is 79.5 cm³/mol. The molecule has 0 fully saturated rings. The summed E-state index contributed by atoms with van der Waals surface area (Å²) < 4.78 is 10.7.